The van der Waals surface area contributed by atoms with Crippen molar-refractivity contribution in [3.05, 3.63) is 129 Å². The fourth-order valence-corrected chi connectivity index (χ4v) is 5.04. The summed E-state index contributed by atoms with van der Waals surface area (Å²) >= 11 is 0. The number of H-pyrrole nitrogens is 1. The van der Waals surface area contributed by atoms with E-state index in [1.807, 2.05) is 0 Å². The lowest BCUT2D eigenvalue weighted by Crippen LogP contribution is -2.26. The van der Waals surface area contributed by atoms with Gasteiger partial charge in [0.05, 0.1) is 0 Å². The van der Waals surface area contributed by atoms with E-state index in [1.54, 1.807) is 0 Å². The van der Waals surface area contributed by atoms with E-state index in [0.29, 0.717) is 0 Å². The number of aromatic nitrogens is 1. The van der Waals surface area contributed by atoms with Gasteiger partial charge in [0.1, 0.15) is 0 Å². The Morgan fingerprint density at radius 2 is 1.71 bits per heavy atom. The summed E-state index contributed by atoms with van der Waals surface area (Å²) in [4.78, 5) is 5.71. The maximum absolute atomic E-state index is 4.28. The van der Waals surface area contributed by atoms with E-state index in [2.05, 4.69) is 136 Å². The molecular weight excluding hydrogens is 462 g/mol. The Bertz CT molecular complexity index is 1510. The van der Waals surface area contributed by atoms with Gasteiger partial charge in [-0.15, -0.1) is 0 Å². The number of aromatic amines is 1. The van der Waals surface area contributed by atoms with E-state index in [4.69, 9.17) is 0 Å². The van der Waals surface area contributed by atoms with Gasteiger partial charge in [0.15, 0.2) is 0 Å². The summed E-state index contributed by atoms with van der Waals surface area (Å²) in [5, 5.41) is 5.73. The lowest BCUT2D eigenvalue weighted by Gasteiger charge is -2.22. The molecule has 3 nitrogen and oxygen atoms in total. The van der Waals surface area contributed by atoms with Crippen LogP contribution in [0.3, 0.4) is 0 Å². The van der Waals surface area contributed by atoms with Crippen LogP contribution in [-0.2, 0) is 6.42 Å². The van der Waals surface area contributed by atoms with E-state index in [-0.39, 0.29) is 0 Å². The first-order valence-corrected chi connectivity index (χ1v) is 13.5. The van der Waals surface area contributed by atoms with Gasteiger partial charge in [-0.2, -0.15) is 0 Å². The number of rotatable bonds is 5. The van der Waals surface area contributed by atoms with Crippen LogP contribution in [0.25, 0.3) is 18.2 Å². The summed E-state index contributed by atoms with van der Waals surface area (Å²) in [6.07, 6.45) is 13.3. The second-order valence-corrected chi connectivity index (χ2v) is 10.4. The number of benzene rings is 2. The Kier molecular flexibility index (Phi) is 8.58. The molecule has 2 aromatic carbocycles. The first-order valence-electron chi connectivity index (χ1n) is 13.5. The smallest absolute Gasteiger partial charge is 0.0491 e. The molecule has 0 atom stereocenters. The topological polar surface area (TPSA) is 31.1 Å². The van der Waals surface area contributed by atoms with Gasteiger partial charge < -0.3 is 15.2 Å². The molecule has 0 saturated carbocycles. The third-order valence-corrected chi connectivity index (χ3v) is 7.38. The van der Waals surface area contributed by atoms with Crippen molar-refractivity contribution in [2.24, 2.45) is 0 Å². The lowest BCUT2D eigenvalue weighted by atomic mass is 10.00. The predicted octanol–water partition coefficient (Wildman–Crippen LogP) is 7.00. The van der Waals surface area contributed by atoms with Gasteiger partial charge in [0, 0.05) is 42.2 Å². The number of nitrogens with zero attached hydrogens (tertiary/aromatic N) is 1. The van der Waals surface area contributed by atoms with E-state index in [0.717, 1.165) is 37.1 Å². The van der Waals surface area contributed by atoms with Crippen LogP contribution in [0, 0.1) is 13.8 Å². The number of hydrogen-bond acceptors (Lipinski definition) is 2. The molecule has 3 heteroatoms. The zero-order valence-electron chi connectivity index (χ0n) is 23.6. The molecule has 0 amide bonds. The highest BCUT2D eigenvalue weighted by Gasteiger charge is 2.11. The van der Waals surface area contributed by atoms with Crippen molar-refractivity contribution in [2.45, 2.75) is 46.5 Å². The quantitative estimate of drug-likeness (QED) is 0.393. The van der Waals surface area contributed by atoms with Gasteiger partial charge in [0.2, 0.25) is 0 Å². The molecule has 38 heavy (non-hydrogen) atoms. The van der Waals surface area contributed by atoms with Crippen LogP contribution in [0.4, 0.5) is 5.69 Å². The highest BCUT2D eigenvalue weighted by Crippen LogP contribution is 2.24. The van der Waals surface area contributed by atoms with Crippen LogP contribution >= 0.6 is 0 Å². The number of fused-ring (bicyclic) bond motifs is 1. The van der Waals surface area contributed by atoms with Gasteiger partial charge >= 0.3 is 0 Å². The molecule has 196 valence electrons. The van der Waals surface area contributed by atoms with Gasteiger partial charge in [-0.1, -0.05) is 67.3 Å². The highest BCUT2D eigenvalue weighted by atomic mass is 15.1. The molecule has 0 saturated heterocycles. The zero-order chi connectivity index (χ0) is 27.2. The molecule has 0 spiro atoms. The molecule has 2 N–H and O–H groups in total. The molecule has 0 aliphatic heterocycles. The number of nitrogens with one attached hydrogen (secondary N) is 2. The summed E-state index contributed by atoms with van der Waals surface area (Å²) in [5.41, 5.74) is 12.4. The summed E-state index contributed by atoms with van der Waals surface area (Å²) in [6.45, 7) is 14.9. The van der Waals surface area contributed by atoms with E-state index in [9.17, 15) is 0 Å². The van der Waals surface area contributed by atoms with Gasteiger partial charge in [-0.25, -0.2) is 0 Å². The van der Waals surface area contributed by atoms with Crippen molar-refractivity contribution in [1.82, 2.24) is 9.88 Å². The third kappa shape index (κ3) is 6.28. The first-order chi connectivity index (χ1) is 18.2. The minimum absolute atomic E-state index is 0.961. The molecule has 2 aliphatic rings. The van der Waals surface area contributed by atoms with Crippen molar-refractivity contribution >= 4 is 23.9 Å². The van der Waals surface area contributed by atoms with Crippen molar-refractivity contribution in [3.8, 4) is 0 Å². The molecular formula is C35H41N3. The molecule has 0 unspecified atom stereocenters. The Morgan fingerprint density at radius 1 is 0.974 bits per heavy atom. The fraction of sp³-hybridized carbons (Fsp3) is 0.257. The van der Waals surface area contributed by atoms with Crippen LogP contribution in [-0.4, -0.2) is 24.0 Å². The van der Waals surface area contributed by atoms with E-state index < -0.39 is 0 Å². The maximum atomic E-state index is 4.28. The zero-order valence-corrected chi connectivity index (χ0v) is 23.6. The summed E-state index contributed by atoms with van der Waals surface area (Å²) in [6, 6.07) is 16.9. The number of allylic oxidation sites excluding steroid dienone is 4. The Balaban J connectivity index is 0.000000177. The predicted molar refractivity (Wildman–Crippen MR) is 165 cm³/mol. The first kappa shape index (κ1) is 27.1. The number of aryl methyl sites for hydroxylation is 2. The second-order valence-electron chi connectivity index (χ2n) is 10.4. The normalized spacial score (nSPS) is 14.9. The summed E-state index contributed by atoms with van der Waals surface area (Å²) in [7, 11) is 4.18. The van der Waals surface area contributed by atoms with Crippen LogP contribution in [0.1, 0.15) is 54.1 Å². The van der Waals surface area contributed by atoms with E-state index in [1.165, 1.54) is 55.4 Å². The highest BCUT2D eigenvalue weighted by molar-refractivity contribution is 5.67. The van der Waals surface area contributed by atoms with Crippen LogP contribution in [0.5, 0.6) is 0 Å². The molecule has 1 aromatic heterocycles. The van der Waals surface area contributed by atoms with Crippen molar-refractivity contribution in [3.63, 3.8) is 0 Å². The maximum Gasteiger partial charge on any atom is 0.0491 e. The molecule has 3 aromatic rings. The molecule has 0 bridgehead atoms. The Morgan fingerprint density at radius 3 is 2.39 bits per heavy atom. The average molecular weight is 504 g/mol. The molecule has 5 rings (SSSR count). The van der Waals surface area contributed by atoms with Gasteiger partial charge in [-0.3, -0.25) is 0 Å². The van der Waals surface area contributed by atoms with Crippen molar-refractivity contribution in [1.29, 1.82) is 0 Å². The average Bonchev–Trinajstić information content (AvgIpc) is 3.26. The standard InChI is InChI=1S/C18H19N.C17H22N2/c1-12-8-4-5-9-15(12)13(2)18-14(3)16-10-6-7-11-17(16)19-18;1-13-8-10-16(11-9-13)18-14(2)15-6-5-7-17(12-15)19(3)4/h4-5,7-9,11,19H,3,6,10H2,1-2H3;6,8-12,18H,2,5,7H2,1,3-4H3/b18-13+;. The third-order valence-electron chi connectivity index (χ3n) is 7.38. The largest absolute Gasteiger partial charge is 0.381 e. The molecule has 1 heterocycles. The monoisotopic (exact) mass is 503 g/mol. The Labute approximate surface area is 228 Å². The van der Waals surface area contributed by atoms with Gasteiger partial charge in [0.25, 0.3) is 0 Å². The molecule has 0 radical (unpaired) electrons. The minimum Gasteiger partial charge on any atom is -0.381 e. The second kappa shape index (κ2) is 12.0. The number of hydrogen-bond donors (Lipinski definition) is 2. The lowest BCUT2D eigenvalue weighted by molar-refractivity contribution is 0.485. The van der Waals surface area contributed by atoms with Crippen LogP contribution < -0.4 is 15.9 Å². The van der Waals surface area contributed by atoms with Crippen molar-refractivity contribution < 1.29 is 0 Å². The molecule has 2 aliphatic carbocycles. The summed E-state index contributed by atoms with van der Waals surface area (Å²) in [5.74, 6) is 0. The SMILES string of the molecule is C=C(Nc1ccc(C)cc1)C1=CCCC(N(C)C)=C1.C=c1c2c([nH]/c1=C(\C)c1ccccc1C)C=CCC2. The number of anilines is 1. The minimum atomic E-state index is 0.961. The van der Waals surface area contributed by atoms with Crippen LogP contribution in [0.15, 0.2) is 90.3 Å². The fourth-order valence-electron chi connectivity index (χ4n) is 5.04. The van der Waals surface area contributed by atoms with Crippen molar-refractivity contribution in [2.75, 3.05) is 19.4 Å². The van der Waals surface area contributed by atoms with E-state index >= 15 is 0 Å². The Hall–Kier alpha value is -3.98. The molecule has 0 fully saturated rings. The summed E-state index contributed by atoms with van der Waals surface area (Å²) < 4.78 is 0. The van der Waals surface area contributed by atoms with Gasteiger partial charge in [-0.05, 0) is 104 Å². The van der Waals surface area contributed by atoms with Crippen LogP contribution in [0.2, 0.25) is 0 Å².